The Morgan fingerprint density at radius 3 is 1.20 bits per heavy atom. The van der Waals surface area contributed by atoms with Crippen molar-refractivity contribution in [3.63, 3.8) is 0 Å². The Morgan fingerprint density at radius 2 is 0.884 bits per heavy atom. The maximum atomic E-state index is 14.7. The van der Waals surface area contributed by atoms with Crippen LogP contribution in [0.2, 0.25) is 0 Å². The van der Waals surface area contributed by atoms with Crippen molar-refractivity contribution >= 4 is 29.3 Å². The molecule has 0 bridgehead atoms. The highest BCUT2D eigenvalue weighted by atomic mass is 19.2. The van der Waals surface area contributed by atoms with E-state index < -0.39 is 66.5 Å². The molecule has 2 unspecified atom stereocenters. The molecule has 21 heteroatoms. The minimum atomic E-state index is -1.24. The van der Waals surface area contributed by atoms with Gasteiger partial charge in [-0.3, -0.25) is 0 Å². The number of piperidine rings is 3. The van der Waals surface area contributed by atoms with Crippen molar-refractivity contribution in [1.29, 1.82) is 0 Å². The molecule has 0 aromatic heterocycles. The van der Waals surface area contributed by atoms with E-state index in [1.807, 2.05) is 68.7 Å². The van der Waals surface area contributed by atoms with Crippen LogP contribution in [0.4, 0.5) is 45.1 Å². The first-order valence-corrected chi connectivity index (χ1v) is 29.4. The Bertz CT molecular complexity index is 2830. The average molecular weight is 1210 g/mol. The minimum Gasteiger partial charge on any atom is -0.444 e. The number of urea groups is 2. The molecule has 5 heterocycles. The first kappa shape index (κ1) is 67.0. The second kappa shape index (κ2) is 29.0. The predicted molar refractivity (Wildman–Crippen MR) is 319 cm³/mol. The molecule has 3 saturated heterocycles. The summed E-state index contributed by atoms with van der Waals surface area (Å²) in [6, 6.07) is 22.9. The van der Waals surface area contributed by atoms with Gasteiger partial charge in [0.2, 0.25) is 0 Å². The third kappa shape index (κ3) is 15.1. The van der Waals surface area contributed by atoms with Crippen molar-refractivity contribution in [2.45, 2.75) is 112 Å². The smallest absolute Gasteiger partial charge is 0.410 e. The lowest BCUT2D eigenvalue weighted by Crippen LogP contribution is -2.56. The van der Waals surface area contributed by atoms with Crippen LogP contribution in [0.3, 0.4) is 0 Å². The minimum absolute atomic E-state index is 0.00182. The normalized spacial score (nSPS) is 25.5. The molecule has 3 fully saturated rings. The number of carbonyl (C=O) groups excluding carboxylic acids is 3. The van der Waals surface area contributed by atoms with Crippen molar-refractivity contribution in [3.05, 3.63) is 155 Å². The molecular weight excluding hydrogens is 1120 g/mol. The summed E-state index contributed by atoms with van der Waals surface area (Å²) in [4.78, 5) is 53.3. The van der Waals surface area contributed by atoms with Crippen LogP contribution in [-0.4, -0.2) is 218 Å². The molecule has 86 heavy (non-hydrogen) atoms. The third-order valence-corrected chi connectivity index (χ3v) is 17.9. The van der Waals surface area contributed by atoms with E-state index in [-0.39, 0.29) is 85.3 Å². The molecule has 4 aromatic carbocycles. The van der Waals surface area contributed by atoms with Crippen molar-refractivity contribution < 1.29 is 60.1 Å². The Balaban J connectivity index is 0.000000194. The van der Waals surface area contributed by atoms with Gasteiger partial charge in [-0.25, -0.2) is 45.1 Å². The molecule has 9 rings (SSSR count). The standard InChI is InChI=1S/2C26H30F3N3O2.C13H25FN2O2/c2*1-30-11-10-21(13-22(30)15-27)31(2)25(34)32-16-18(23-12-20(28)8-9-24(23)29)14-26(32,17-33)19-6-4-3-5-7-19;1-13(2,3)18-12(17)16(5)10-6-7-15(4)11(8-10)9-14/h2*3-9,12,14,21-22,33H,10-11,13,15-17H2,1-2H3;10-11H,6-9H2,1-5H3/t21-,22-,26+;21-,22-,26-;/m01./s1. The van der Waals surface area contributed by atoms with Gasteiger partial charge in [0.15, 0.2) is 0 Å². The summed E-state index contributed by atoms with van der Waals surface area (Å²) in [6.45, 7) is 5.46. The molecule has 5 aliphatic heterocycles. The predicted octanol–water partition coefficient (Wildman–Crippen LogP) is 10.4. The van der Waals surface area contributed by atoms with Gasteiger partial charge >= 0.3 is 18.2 Å². The second-order valence-corrected chi connectivity index (χ2v) is 24.4. The van der Waals surface area contributed by atoms with E-state index in [2.05, 4.69) is 0 Å². The summed E-state index contributed by atoms with van der Waals surface area (Å²) in [5.74, 6) is -2.37. The molecule has 5 aliphatic rings. The zero-order valence-corrected chi connectivity index (χ0v) is 50.9. The van der Waals surface area contributed by atoms with Crippen LogP contribution in [0, 0.1) is 23.3 Å². The van der Waals surface area contributed by atoms with Crippen LogP contribution in [0.5, 0.6) is 0 Å². The number of amides is 5. The summed E-state index contributed by atoms with van der Waals surface area (Å²) in [5.41, 5.74) is -0.699. The summed E-state index contributed by atoms with van der Waals surface area (Å²) in [5, 5.41) is 21.2. The Kier molecular flexibility index (Phi) is 22.6. The van der Waals surface area contributed by atoms with Crippen LogP contribution >= 0.6 is 0 Å². The second-order valence-electron chi connectivity index (χ2n) is 24.4. The van der Waals surface area contributed by atoms with Crippen LogP contribution < -0.4 is 0 Å². The summed E-state index contributed by atoms with van der Waals surface area (Å²) >= 11 is 0. The molecule has 470 valence electrons. The van der Waals surface area contributed by atoms with E-state index in [1.165, 1.54) is 9.80 Å². The van der Waals surface area contributed by atoms with Gasteiger partial charge in [0, 0.05) is 101 Å². The van der Waals surface area contributed by atoms with Gasteiger partial charge in [-0.15, -0.1) is 0 Å². The molecule has 14 nitrogen and oxygen atoms in total. The summed E-state index contributed by atoms with van der Waals surface area (Å²) in [6.07, 6.45) is 6.91. The SMILES string of the molecule is CN1CCC(N(C)C(=O)OC(C)(C)C)CC1CF.CN1CC[C@@H](N(C)C(=O)N2CC(c3cc(F)ccc3F)=C[C@@]2(CO)c2ccccc2)C[C@@H]1CF.CN1CC[C@H](N(C)C(=O)N2CC(c3cc(F)ccc3F)=C[C@@]2(CO)c2ccccc2)C[C@H]1CF. The lowest BCUT2D eigenvalue weighted by Gasteiger charge is -2.44. The van der Waals surface area contributed by atoms with E-state index >= 15 is 0 Å². The highest BCUT2D eigenvalue weighted by molar-refractivity contribution is 5.85. The van der Waals surface area contributed by atoms with Crippen molar-refractivity contribution in [2.24, 2.45) is 0 Å². The number of halogens is 7. The first-order valence-electron chi connectivity index (χ1n) is 29.4. The highest BCUT2D eigenvalue weighted by Crippen LogP contribution is 2.44. The van der Waals surface area contributed by atoms with Gasteiger partial charge < -0.3 is 54.1 Å². The number of nitrogens with zero attached hydrogens (tertiary/aromatic N) is 8. The van der Waals surface area contributed by atoms with E-state index in [9.17, 15) is 55.3 Å². The molecule has 5 amide bonds. The van der Waals surface area contributed by atoms with Gasteiger partial charge in [0.1, 0.15) is 60.0 Å². The van der Waals surface area contributed by atoms with Crippen LogP contribution in [0.1, 0.15) is 81.5 Å². The Hall–Kier alpha value is -6.52. The van der Waals surface area contributed by atoms with E-state index in [0.717, 1.165) is 49.4 Å². The fraction of sp³-hybridized carbons (Fsp3) is 0.523. The monoisotopic (exact) mass is 1210 g/mol. The summed E-state index contributed by atoms with van der Waals surface area (Å²) < 4.78 is 102. The number of aliphatic hydroxyl groups excluding tert-OH is 2. The number of rotatable bonds is 12. The molecule has 2 N–H and O–H groups in total. The number of likely N-dealkylation sites (tertiary alicyclic amines) is 3. The number of benzene rings is 4. The molecule has 0 spiro atoms. The molecule has 8 atom stereocenters. The Labute approximate surface area is 502 Å². The zero-order valence-electron chi connectivity index (χ0n) is 50.9. The fourth-order valence-electron chi connectivity index (χ4n) is 12.3. The number of carbonyl (C=O) groups is 3. The Morgan fingerprint density at radius 1 is 0.547 bits per heavy atom. The number of ether oxygens (including phenoxy) is 1. The zero-order chi connectivity index (χ0) is 62.8. The number of hydrogen-bond acceptors (Lipinski definition) is 9. The van der Waals surface area contributed by atoms with Crippen LogP contribution in [0.25, 0.3) is 11.1 Å². The summed E-state index contributed by atoms with van der Waals surface area (Å²) in [7, 11) is 10.8. The van der Waals surface area contributed by atoms with Crippen molar-refractivity contribution in [2.75, 3.05) is 108 Å². The first-order chi connectivity index (χ1) is 40.8. The van der Waals surface area contributed by atoms with Gasteiger partial charge in [-0.2, -0.15) is 0 Å². The highest BCUT2D eigenvalue weighted by Gasteiger charge is 2.49. The number of aliphatic hydroxyl groups is 2. The molecule has 0 saturated carbocycles. The van der Waals surface area contributed by atoms with Gasteiger partial charge in [-0.1, -0.05) is 60.7 Å². The maximum Gasteiger partial charge on any atom is 0.410 e. The van der Waals surface area contributed by atoms with Crippen molar-refractivity contribution in [3.8, 4) is 0 Å². The number of alkyl halides is 3. The largest absolute Gasteiger partial charge is 0.444 e. The van der Waals surface area contributed by atoms with Crippen molar-refractivity contribution in [1.82, 2.24) is 39.2 Å². The van der Waals surface area contributed by atoms with E-state index in [0.29, 0.717) is 67.5 Å². The molecule has 0 aliphatic carbocycles. The maximum absolute atomic E-state index is 14.7. The van der Waals surface area contributed by atoms with Gasteiger partial charge in [-0.05, 0) is 151 Å². The fourth-order valence-corrected chi connectivity index (χ4v) is 12.3. The molecular formula is C65H85F7N8O6. The lowest BCUT2D eigenvalue weighted by molar-refractivity contribution is 0.00978. The van der Waals surface area contributed by atoms with Crippen LogP contribution in [0.15, 0.2) is 109 Å². The average Bonchev–Trinajstić information content (AvgIpc) is 1.72. The quantitative estimate of drug-likeness (QED) is 0.133. The topological polar surface area (TPSA) is 127 Å². The lowest BCUT2D eigenvalue weighted by atomic mass is 9.89. The number of hydrogen-bond donors (Lipinski definition) is 2. The van der Waals surface area contributed by atoms with Gasteiger partial charge in [0.25, 0.3) is 0 Å². The molecule has 0 radical (unpaired) electrons. The molecule has 4 aromatic rings. The van der Waals surface area contributed by atoms with Crippen LogP contribution in [-0.2, 0) is 15.8 Å². The third-order valence-electron chi connectivity index (χ3n) is 17.9. The van der Waals surface area contributed by atoms with E-state index in [4.69, 9.17) is 4.74 Å². The van der Waals surface area contributed by atoms with Gasteiger partial charge in [0.05, 0.1) is 13.2 Å². The van der Waals surface area contributed by atoms with E-state index in [1.54, 1.807) is 96.5 Å².